The molecule has 0 atom stereocenters. The molecule has 160 valence electrons. The van der Waals surface area contributed by atoms with E-state index < -0.39 is 11.9 Å². The Bertz CT molecular complexity index is 1440. The first-order valence-corrected chi connectivity index (χ1v) is 9.40. The molecule has 32 heavy (non-hydrogen) atoms. The van der Waals surface area contributed by atoms with Gasteiger partial charge in [0.05, 0.1) is 6.20 Å². The predicted molar refractivity (Wildman–Crippen MR) is 111 cm³/mol. The second-order valence-corrected chi connectivity index (χ2v) is 6.85. The molecule has 0 saturated heterocycles. The number of alkyl halides is 3. The number of carbonyl (C=O) groups is 1. The molecule has 4 aromatic heterocycles. The number of rotatable bonds is 4. The summed E-state index contributed by atoms with van der Waals surface area (Å²) in [5, 5.41) is 5.85. The van der Waals surface area contributed by atoms with Crippen molar-refractivity contribution in [3.8, 4) is 0 Å². The number of benzene rings is 1. The number of pyridine rings is 1. The van der Waals surface area contributed by atoms with Gasteiger partial charge in [0.1, 0.15) is 17.2 Å². The van der Waals surface area contributed by atoms with Gasteiger partial charge in [0.25, 0.3) is 5.91 Å². The van der Waals surface area contributed by atoms with Gasteiger partial charge in [0.2, 0.25) is 5.78 Å². The Morgan fingerprint density at radius 1 is 0.938 bits per heavy atom. The van der Waals surface area contributed by atoms with Crippen molar-refractivity contribution in [2.45, 2.75) is 6.18 Å². The smallest absolute Gasteiger partial charge is 0.341 e. The first kappa shape index (κ1) is 19.5. The molecule has 1 aromatic carbocycles. The molecule has 8 nitrogen and oxygen atoms in total. The van der Waals surface area contributed by atoms with Crippen LogP contribution in [0.15, 0.2) is 73.3 Å². The van der Waals surface area contributed by atoms with Crippen molar-refractivity contribution < 1.29 is 18.0 Å². The van der Waals surface area contributed by atoms with Gasteiger partial charge in [-0.1, -0.05) is 6.07 Å². The molecule has 5 aromatic rings. The number of anilines is 3. The molecule has 2 N–H and O–H groups in total. The summed E-state index contributed by atoms with van der Waals surface area (Å²) in [6.07, 6.45) is 1.13. The van der Waals surface area contributed by atoms with E-state index in [1.54, 1.807) is 59.3 Å². The maximum atomic E-state index is 13.0. The highest BCUT2D eigenvalue weighted by molar-refractivity contribution is 6.03. The summed E-state index contributed by atoms with van der Waals surface area (Å²) >= 11 is 0. The third-order valence-electron chi connectivity index (χ3n) is 4.72. The van der Waals surface area contributed by atoms with Crippen molar-refractivity contribution in [1.82, 2.24) is 23.8 Å². The molecule has 0 fully saturated rings. The monoisotopic (exact) mass is 437 g/mol. The van der Waals surface area contributed by atoms with Crippen LogP contribution in [0.1, 0.15) is 16.2 Å². The number of halogens is 3. The number of aromatic nitrogens is 5. The average Bonchev–Trinajstić information content (AvgIpc) is 3.40. The van der Waals surface area contributed by atoms with E-state index in [2.05, 4.69) is 25.6 Å². The molecule has 4 heterocycles. The zero-order valence-electron chi connectivity index (χ0n) is 16.2. The van der Waals surface area contributed by atoms with E-state index in [0.717, 1.165) is 6.20 Å². The minimum Gasteiger partial charge on any atom is -0.341 e. The van der Waals surface area contributed by atoms with Gasteiger partial charge in [-0.2, -0.15) is 13.2 Å². The molecular formula is C21H14F3N7O. The summed E-state index contributed by atoms with van der Waals surface area (Å²) in [4.78, 5) is 24.4. The fourth-order valence-corrected chi connectivity index (χ4v) is 3.22. The molecular weight excluding hydrogens is 423 g/mol. The Kier molecular flexibility index (Phi) is 4.51. The predicted octanol–water partition coefficient (Wildman–Crippen LogP) is 4.39. The SMILES string of the molecule is O=C(Nc1ccc(Nc2cccc3nc(C(F)(F)F)cn23)cc1)c1cnc2ncccn12. The van der Waals surface area contributed by atoms with Gasteiger partial charge in [-0.25, -0.2) is 15.0 Å². The summed E-state index contributed by atoms with van der Waals surface area (Å²) < 4.78 is 41.9. The number of hydrogen-bond donors (Lipinski definition) is 2. The minimum atomic E-state index is -4.53. The largest absolute Gasteiger partial charge is 0.434 e. The molecule has 1 amide bonds. The summed E-state index contributed by atoms with van der Waals surface area (Å²) in [6, 6.07) is 13.2. The third-order valence-corrected chi connectivity index (χ3v) is 4.72. The van der Waals surface area contributed by atoms with Gasteiger partial charge in [-0.05, 0) is 42.5 Å². The zero-order valence-corrected chi connectivity index (χ0v) is 16.2. The summed E-state index contributed by atoms with van der Waals surface area (Å²) in [5.74, 6) is 0.481. The number of imidazole rings is 2. The van der Waals surface area contributed by atoms with Crippen LogP contribution in [0.4, 0.5) is 30.4 Å². The van der Waals surface area contributed by atoms with E-state index >= 15 is 0 Å². The second kappa shape index (κ2) is 7.38. The number of nitrogens with zero attached hydrogens (tertiary/aromatic N) is 5. The Labute approximate surface area is 178 Å². The van der Waals surface area contributed by atoms with E-state index in [1.807, 2.05) is 0 Å². The van der Waals surface area contributed by atoms with E-state index in [1.165, 1.54) is 16.7 Å². The van der Waals surface area contributed by atoms with Gasteiger partial charge in [0.15, 0.2) is 5.69 Å². The molecule has 0 spiro atoms. The van der Waals surface area contributed by atoms with E-state index in [4.69, 9.17) is 0 Å². The lowest BCUT2D eigenvalue weighted by Gasteiger charge is -2.10. The van der Waals surface area contributed by atoms with Crippen LogP contribution in [0.5, 0.6) is 0 Å². The van der Waals surface area contributed by atoms with Gasteiger partial charge in [-0.3, -0.25) is 13.6 Å². The second-order valence-electron chi connectivity index (χ2n) is 6.85. The Morgan fingerprint density at radius 3 is 2.50 bits per heavy atom. The first-order valence-electron chi connectivity index (χ1n) is 9.40. The summed E-state index contributed by atoms with van der Waals surface area (Å²) in [6.45, 7) is 0. The molecule has 0 bridgehead atoms. The molecule has 0 aliphatic heterocycles. The third kappa shape index (κ3) is 3.60. The van der Waals surface area contributed by atoms with Crippen molar-refractivity contribution in [2.75, 3.05) is 10.6 Å². The normalized spacial score (nSPS) is 11.7. The van der Waals surface area contributed by atoms with Crippen molar-refractivity contribution in [3.05, 3.63) is 84.7 Å². The van der Waals surface area contributed by atoms with Gasteiger partial charge in [-0.15, -0.1) is 0 Å². The first-order chi connectivity index (χ1) is 15.4. The Morgan fingerprint density at radius 2 is 1.72 bits per heavy atom. The molecule has 0 saturated carbocycles. The summed E-state index contributed by atoms with van der Waals surface area (Å²) in [7, 11) is 0. The highest BCUT2D eigenvalue weighted by atomic mass is 19.4. The number of nitrogens with one attached hydrogen (secondary N) is 2. The van der Waals surface area contributed by atoms with Crippen LogP contribution >= 0.6 is 0 Å². The maximum Gasteiger partial charge on any atom is 0.434 e. The minimum absolute atomic E-state index is 0.175. The highest BCUT2D eigenvalue weighted by Gasteiger charge is 2.34. The highest BCUT2D eigenvalue weighted by Crippen LogP contribution is 2.30. The van der Waals surface area contributed by atoms with Crippen molar-refractivity contribution in [3.63, 3.8) is 0 Å². The molecule has 0 aliphatic carbocycles. The average molecular weight is 437 g/mol. The molecule has 0 unspecified atom stereocenters. The van der Waals surface area contributed by atoms with Crippen molar-refractivity contribution >= 4 is 34.5 Å². The van der Waals surface area contributed by atoms with Crippen LogP contribution in [0.3, 0.4) is 0 Å². The standard InChI is InChI=1S/C21H14F3N7O/c22-21(23,24)16-12-31-17(3-1-4-18(31)29-16)27-13-5-7-14(8-6-13)28-19(32)15-11-26-20-25-9-2-10-30(15)20/h1-12,27H,(H,28,32). The summed E-state index contributed by atoms with van der Waals surface area (Å²) in [5.41, 5.74) is 0.708. The van der Waals surface area contributed by atoms with Crippen LogP contribution in [-0.4, -0.2) is 29.7 Å². The van der Waals surface area contributed by atoms with Crippen molar-refractivity contribution in [1.29, 1.82) is 0 Å². The number of hydrogen-bond acceptors (Lipinski definition) is 5. The fraction of sp³-hybridized carbons (Fsp3) is 0.0476. The van der Waals surface area contributed by atoms with Gasteiger partial charge >= 0.3 is 6.18 Å². The van der Waals surface area contributed by atoms with Gasteiger partial charge in [0, 0.05) is 30.0 Å². The van der Waals surface area contributed by atoms with Crippen LogP contribution in [0, 0.1) is 0 Å². The van der Waals surface area contributed by atoms with E-state index in [-0.39, 0.29) is 11.6 Å². The molecule has 0 aliphatic rings. The van der Waals surface area contributed by atoms with E-state index in [0.29, 0.717) is 28.7 Å². The van der Waals surface area contributed by atoms with Crippen LogP contribution < -0.4 is 10.6 Å². The lowest BCUT2D eigenvalue weighted by Crippen LogP contribution is -2.14. The van der Waals surface area contributed by atoms with E-state index in [9.17, 15) is 18.0 Å². The zero-order chi connectivity index (χ0) is 22.3. The topological polar surface area (TPSA) is 88.6 Å². The van der Waals surface area contributed by atoms with Gasteiger partial charge < -0.3 is 10.6 Å². The number of amides is 1. The Hall–Kier alpha value is -4.41. The van der Waals surface area contributed by atoms with Crippen LogP contribution in [0.25, 0.3) is 11.4 Å². The molecule has 5 rings (SSSR count). The number of fused-ring (bicyclic) bond motifs is 2. The molecule has 11 heteroatoms. The maximum absolute atomic E-state index is 13.0. The van der Waals surface area contributed by atoms with Crippen molar-refractivity contribution in [2.24, 2.45) is 0 Å². The Balaban J connectivity index is 1.34. The fourth-order valence-electron chi connectivity index (χ4n) is 3.22. The molecule has 0 radical (unpaired) electrons. The van der Waals surface area contributed by atoms with Crippen LogP contribution in [0.2, 0.25) is 0 Å². The lowest BCUT2D eigenvalue weighted by molar-refractivity contribution is -0.140. The van der Waals surface area contributed by atoms with Crippen LogP contribution in [-0.2, 0) is 6.18 Å². The quantitative estimate of drug-likeness (QED) is 0.435. The number of carbonyl (C=O) groups excluding carboxylic acids is 1. The lowest BCUT2D eigenvalue weighted by atomic mass is 10.2.